The lowest BCUT2D eigenvalue weighted by Gasteiger charge is -2.37. The second-order valence-corrected chi connectivity index (χ2v) is 8.98. The summed E-state index contributed by atoms with van der Waals surface area (Å²) in [7, 11) is 0. The van der Waals surface area contributed by atoms with Crippen molar-refractivity contribution < 1.29 is 9.53 Å². The topological polar surface area (TPSA) is 46.5 Å². The van der Waals surface area contributed by atoms with Crippen molar-refractivity contribution in [1.82, 2.24) is 9.47 Å². The molecule has 0 saturated carbocycles. The number of hydrogen-bond acceptors (Lipinski definition) is 2. The van der Waals surface area contributed by atoms with E-state index in [1.54, 1.807) is 0 Å². The lowest BCUT2D eigenvalue weighted by atomic mass is 9.87. The molecule has 4 rings (SSSR count). The maximum atomic E-state index is 13.3. The Labute approximate surface area is 184 Å². The van der Waals surface area contributed by atoms with Gasteiger partial charge >= 0.3 is 6.03 Å². The van der Waals surface area contributed by atoms with Gasteiger partial charge in [-0.3, -0.25) is 0 Å². The second kappa shape index (κ2) is 8.50. The van der Waals surface area contributed by atoms with Crippen LogP contribution < -0.4 is 10.1 Å². The smallest absolute Gasteiger partial charge is 0.322 e. The van der Waals surface area contributed by atoms with Gasteiger partial charge in [-0.2, -0.15) is 0 Å². The fraction of sp³-hybridized carbons (Fsp3) is 0.346. The number of aromatic nitrogens is 1. The minimum absolute atomic E-state index is 0.0829. The van der Waals surface area contributed by atoms with Crippen molar-refractivity contribution in [3.8, 4) is 5.75 Å². The van der Waals surface area contributed by atoms with E-state index in [0.29, 0.717) is 13.2 Å². The molecule has 2 heterocycles. The normalized spacial score (nSPS) is 16.0. The summed E-state index contributed by atoms with van der Waals surface area (Å²) in [6.45, 7) is 10.6. The summed E-state index contributed by atoms with van der Waals surface area (Å²) >= 11 is 0. The minimum atomic E-state index is -0.145. The Morgan fingerprint density at radius 1 is 1.03 bits per heavy atom. The molecule has 0 radical (unpaired) electrons. The van der Waals surface area contributed by atoms with Crippen molar-refractivity contribution in [3.05, 3.63) is 83.7 Å². The summed E-state index contributed by atoms with van der Waals surface area (Å²) in [6.07, 6.45) is 2.08. The minimum Gasteiger partial charge on any atom is -0.494 e. The molecule has 1 atom stereocenters. The molecule has 162 valence electrons. The molecule has 1 aliphatic heterocycles. The number of nitrogens with one attached hydrogen (secondary N) is 1. The van der Waals surface area contributed by atoms with E-state index < -0.39 is 0 Å². The van der Waals surface area contributed by atoms with Gasteiger partial charge in [0.1, 0.15) is 5.75 Å². The van der Waals surface area contributed by atoms with Gasteiger partial charge in [0.25, 0.3) is 0 Å². The lowest BCUT2D eigenvalue weighted by Crippen LogP contribution is -2.44. The first-order chi connectivity index (χ1) is 14.9. The van der Waals surface area contributed by atoms with Crippen molar-refractivity contribution in [3.63, 3.8) is 0 Å². The van der Waals surface area contributed by atoms with E-state index in [1.807, 2.05) is 42.2 Å². The van der Waals surface area contributed by atoms with Gasteiger partial charge in [-0.25, -0.2) is 4.79 Å². The number of ether oxygens (including phenoxy) is 1. The second-order valence-electron chi connectivity index (χ2n) is 8.98. The largest absolute Gasteiger partial charge is 0.494 e. The molecule has 5 nitrogen and oxygen atoms in total. The molecule has 0 saturated heterocycles. The van der Waals surface area contributed by atoms with Crippen LogP contribution in [0.5, 0.6) is 5.75 Å². The van der Waals surface area contributed by atoms with Crippen LogP contribution in [0.25, 0.3) is 0 Å². The Balaban J connectivity index is 1.59. The van der Waals surface area contributed by atoms with E-state index in [4.69, 9.17) is 4.74 Å². The van der Waals surface area contributed by atoms with Crippen molar-refractivity contribution in [2.24, 2.45) is 0 Å². The van der Waals surface area contributed by atoms with E-state index in [1.165, 1.54) is 5.56 Å². The molecule has 0 aliphatic carbocycles. The molecule has 0 bridgehead atoms. The van der Waals surface area contributed by atoms with Crippen LogP contribution in [0.1, 0.15) is 50.6 Å². The van der Waals surface area contributed by atoms with E-state index in [2.05, 4.69) is 67.2 Å². The van der Waals surface area contributed by atoms with Crippen LogP contribution >= 0.6 is 0 Å². The third-order valence-electron chi connectivity index (χ3n) is 5.81. The zero-order valence-electron chi connectivity index (χ0n) is 18.8. The number of benzene rings is 2. The molecule has 31 heavy (non-hydrogen) atoms. The lowest BCUT2D eigenvalue weighted by molar-refractivity contribution is 0.182. The first kappa shape index (κ1) is 21.0. The van der Waals surface area contributed by atoms with Crippen molar-refractivity contribution in [1.29, 1.82) is 0 Å². The van der Waals surface area contributed by atoms with Crippen LogP contribution in [0.15, 0.2) is 66.9 Å². The number of hydrogen-bond donors (Lipinski definition) is 1. The molecule has 1 N–H and O–H groups in total. The Bertz CT molecular complexity index is 1030. The summed E-state index contributed by atoms with van der Waals surface area (Å²) in [6, 6.07) is 20.1. The van der Waals surface area contributed by atoms with Crippen LogP contribution in [0.4, 0.5) is 10.5 Å². The quantitative estimate of drug-likeness (QED) is 0.581. The number of fused-ring (bicyclic) bond motifs is 1. The van der Waals surface area contributed by atoms with Crippen LogP contribution in [0.3, 0.4) is 0 Å². The summed E-state index contributed by atoms with van der Waals surface area (Å²) < 4.78 is 7.82. The Morgan fingerprint density at radius 3 is 2.39 bits per heavy atom. The predicted octanol–water partition coefficient (Wildman–Crippen LogP) is 5.82. The standard InChI is InChI=1S/C26H31N3O2/c1-5-31-22-14-8-19(9-15-22)24-23-7-6-16-28(23)17-18-29(24)25(30)27-21-12-10-20(11-13-21)26(2,3)4/h6-16,24H,5,17-18H2,1-4H3,(H,27,30). The maximum absolute atomic E-state index is 13.3. The number of amides is 2. The average molecular weight is 418 g/mol. The summed E-state index contributed by atoms with van der Waals surface area (Å²) in [5.41, 5.74) is 4.33. The van der Waals surface area contributed by atoms with E-state index in [0.717, 1.165) is 29.2 Å². The van der Waals surface area contributed by atoms with Crippen LogP contribution in [-0.2, 0) is 12.0 Å². The number of nitrogens with zero attached hydrogens (tertiary/aromatic N) is 2. The van der Waals surface area contributed by atoms with Crippen LogP contribution in [0, 0.1) is 0 Å². The average Bonchev–Trinajstić information content (AvgIpc) is 3.22. The molecule has 5 heteroatoms. The predicted molar refractivity (Wildman–Crippen MR) is 125 cm³/mol. The van der Waals surface area contributed by atoms with Crippen LogP contribution in [-0.4, -0.2) is 28.6 Å². The molecule has 3 aromatic rings. The number of rotatable bonds is 4. The van der Waals surface area contributed by atoms with E-state index in [-0.39, 0.29) is 17.5 Å². The zero-order valence-corrected chi connectivity index (χ0v) is 18.8. The Morgan fingerprint density at radius 2 is 1.74 bits per heavy atom. The van der Waals surface area contributed by atoms with E-state index in [9.17, 15) is 4.79 Å². The highest BCUT2D eigenvalue weighted by atomic mass is 16.5. The highest BCUT2D eigenvalue weighted by Crippen LogP contribution is 2.34. The maximum Gasteiger partial charge on any atom is 0.322 e. The monoisotopic (exact) mass is 417 g/mol. The fourth-order valence-corrected chi connectivity index (χ4v) is 4.11. The molecule has 0 fully saturated rings. The molecule has 1 unspecified atom stereocenters. The van der Waals surface area contributed by atoms with E-state index >= 15 is 0 Å². The van der Waals surface area contributed by atoms with Gasteiger partial charge in [-0.15, -0.1) is 0 Å². The highest BCUT2D eigenvalue weighted by Gasteiger charge is 2.32. The zero-order chi connectivity index (χ0) is 22.0. The highest BCUT2D eigenvalue weighted by molar-refractivity contribution is 5.90. The summed E-state index contributed by atoms with van der Waals surface area (Å²) in [5.74, 6) is 0.840. The molecular weight excluding hydrogens is 386 g/mol. The first-order valence-corrected chi connectivity index (χ1v) is 10.9. The van der Waals surface area contributed by atoms with Crippen molar-refractivity contribution in [2.75, 3.05) is 18.5 Å². The molecule has 1 aliphatic rings. The van der Waals surface area contributed by atoms with Gasteiger partial charge in [0.15, 0.2) is 0 Å². The third-order valence-corrected chi connectivity index (χ3v) is 5.81. The first-order valence-electron chi connectivity index (χ1n) is 10.9. The molecule has 2 aromatic carbocycles. The number of carbonyl (C=O) groups excluding carboxylic acids is 1. The van der Waals surface area contributed by atoms with Gasteiger partial charge in [-0.1, -0.05) is 45.0 Å². The third kappa shape index (κ3) is 4.46. The summed E-state index contributed by atoms with van der Waals surface area (Å²) in [4.78, 5) is 15.2. The van der Waals surface area contributed by atoms with Gasteiger partial charge in [0.2, 0.25) is 0 Å². The summed E-state index contributed by atoms with van der Waals surface area (Å²) in [5, 5.41) is 3.10. The number of urea groups is 1. The number of carbonyl (C=O) groups is 1. The Hall–Kier alpha value is -3.21. The SMILES string of the molecule is CCOc1ccc(C2c3cccn3CCN2C(=O)Nc2ccc(C(C)(C)C)cc2)cc1. The van der Waals surface area contributed by atoms with Gasteiger partial charge in [0, 0.05) is 30.7 Å². The number of anilines is 1. The van der Waals surface area contributed by atoms with Crippen molar-refractivity contribution in [2.45, 2.75) is 45.7 Å². The molecule has 2 amide bonds. The Kier molecular flexibility index (Phi) is 5.77. The van der Waals surface area contributed by atoms with Gasteiger partial charge in [-0.05, 0) is 59.9 Å². The van der Waals surface area contributed by atoms with Crippen LogP contribution in [0.2, 0.25) is 0 Å². The molecular formula is C26H31N3O2. The molecule has 0 spiro atoms. The molecule has 1 aromatic heterocycles. The van der Waals surface area contributed by atoms with Gasteiger partial charge < -0.3 is 19.5 Å². The van der Waals surface area contributed by atoms with Crippen molar-refractivity contribution >= 4 is 11.7 Å². The van der Waals surface area contributed by atoms with Gasteiger partial charge in [0.05, 0.1) is 12.6 Å². The fourth-order valence-electron chi connectivity index (χ4n) is 4.11.